The van der Waals surface area contributed by atoms with Gasteiger partial charge < -0.3 is 0 Å². The van der Waals surface area contributed by atoms with E-state index in [0.29, 0.717) is 11.3 Å². The standard InChI is InChI=1S/C17H17Cl/c18-17-11-10-16(12-17)15-8-6-14(7-9-15)13-4-2-1-3-5-13/h1-9,16-17H,10-12H2. The Balaban J connectivity index is 1.81. The molecular formula is C17H17Cl. The van der Waals surface area contributed by atoms with Gasteiger partial charge in [-0.05, 0) is 41.9 Å². The zero-order valence-corrected chi connectivity index (χ0v) is 11.1. The number of halogens is 1. The van der Waals surface area contributed by atoms with E-state index < -0.39 is 0 Å². The molecule has 3 rings (SSSR count). The van der Waals surface area contributed by atoms with Crippen molar-refractivity contribution in [1.29, 1.82) is 0 Å². The van der Waals surface area contributed by atoms with Gasteiger partial charge in [0.05, 0.1) is 0 Å². The molecule has 0 saturated heterocycles. The van der Waals surface area contributed by atoms with Crippen molar-refractivity contribution >= 4 is 11.6 Å². The first-order chi connectivity index (χ1) is 8.83. The highest BCUT2D eigenvalue weighted by atomic mass is 35.5. The molecule has 0 aliphatic heterocycles. The Morgan fingerprint density at radius 3 is 2.06 bits per heavy atom. The SMILES string of the molecule is ClC1CCC(c2ccc(-c3ccccc3)cc2)C1. The fourth-order valence-electron chi connectivity index (χ4n) is 2.81. The van der Waals surface area contributed by atoms with Crippen LogP contribution in [0.3, 0.4) is 0 Å². The summed E-state index contributed by atoms with van der Waals surface area (Å²) in [7, 11) is 0. The van der Waals surface area contributed by atoms with Crippen molar-refractivity contribution in [3.8, 4) is 11.1 Å². The molecule has 1 heteroatoms. The summed E-state index contributed by atoms with van der Waals surface area (Å²) in [5.74, 6) is 0.664. The molecular weight excluding hydrogens is 240 g/mol. The van der Waals surface area contributed by atoms with Gasteiger partial charge in [-0.1, -0.05) is 54.6 Å². The van der Waals surface area contributed by atoms with Crippen LogP contribution >= 0.6 is 11.6 Å². The number of hydrogen-bond donors (Lipinski definition) is 0. The molecule has 18 heavy (non-hydrogen) atoms. The quantitative estimate of drug-likeness (QED) is 0.646. The minimum Gasteiger partial charge on any atom is -0.123 e. The fraction of sp³-hybridized carbons (Fsp3) is 0.294. The number of rotatable bonds is 2. The van der Waals surface area contributed by atoms with Gasteiger partial charge in [-0.25, -0.2) is 0 Å². The molecule has 1 aliphatic rings. The summed E-state index contributed by atoms with van der Waals surface area (Å²) in [4.78, 5) is 0. The molecule has 2 unspecified atom stereocenters. The van der Waals surface area contributed by atoms with Crippen molar-refractivity contribution in [2.45, 2.75) is 30.6 Å². The van der Waals surface area contributed by atoms with Gasteiger partial charge >= 0.3 is 0 Å². The second-order valence-corrected chi connectivity index (χ2v) is 5.71. The Labute approximate surface area is 114 Å². The fourth-order valence-corrected chi connectivity index (χ4v) is 3.15. The minimum atomic E-state index is 0.379. The third kappa shape index (κ3) is 2.44. The first-order valence-corrected chi connectivity index (χ1v) is 7.06. The second-order valence-electron chi connectivity index (χ2n) is 5.10. The van der Waals surface area contributed by atoms with Gasteiger partial charge in [-0.15, -0.1) is 11.6 Å². The molecule has 92 valence electrons. The lowest BCUT2D eigenvalue weighted by Crippen LogP contribution is -1.94. The predicted octanol–water partition coefficient (Wildman–Crippen LogP) is 5.23. The molecule has 0 radical (unpaired) electrons. The third-order valence-corrected chi connectivity index (χ3v) is 4.25. The Bertz CT molecular complexity index is 501. The van der Waals surface area contributed by atoms with Crippen molar-refractivity contribution in [2.75, 3.05) is 0 Å². The number of benzene rings is 2. The van der Waals surface area contributed by atoms with Crippen LogP contribution in [0.2, 0.25) is 0 Å². The van der Waals surface area contributed by atoms with Crippen molar-refractivity contribution < 1.29 is 0 Å². The van der Waals surface area contributed by atoms with Crippen molar-refractivity contribution in [3.63, 3.8) is 0 Å². The minimum absolute atomic E-state index is 0.379. The molecule has 1 fully saturated rings. The highest BCUT2D eigenvalue weighted by molar-refractivity contribution is 6.20. The molecule has 0 amide bonds. The number of alkyl halides is 1. The van der Waals surface area contributed by atoms with E-state index in [-0.39, 0.29) is 0 Å². The van der Waals surface area contributed by atoms with E-state index in [0.717, 1.165) is 12.8 Å². The van der Waals surface area contributed by atoms with Crippen LogP contribution in [0.5, 0.6) is 0 Å². The topological polar surface area (TPSA) is 0 Å². The van der Waals surface area contributed by atoms with Crippen LogP contribution in [-0.2, 0) is 0 Å². The van der Waals surface area contributed by atoms with Gasteiger partial charge in [0, 0.05) is 5.38 Å². The summed E-state index contributed by atoms with van der Waals surface area (Å²) in [5.41, 5.74) is 4.02. The molecule has 0 aromatic heterocycles. The maximum absolute atomic E-state index is 6.18. The third-order valence-electron chi connectivity index (χ3n) is 3.86. The summed E-state index contributed by atoms with van der Waals surface area (Å²) in [6.07, 6.45) is 3.53. The summed E-state index contributed by atoms with van der Waals surface area (Å²) in [5, 5.41) is 0.379. The summed E-state index contributed by atoms with van der Waals surface area (Å²) in [6, 6.07) is 19.5. The number of hydrogen-bond acceptors (Lipinski definition) is 0. The van der Waals surface area contributed by atoms with E-state index >= 15 is 0 Å². The molecule has 0 heterocycles. The molecule has 2 aromatic carbocycles. The zero-order valence-electron chi connectivity index (χ0n) is 10.4. The normalized spacial score (nSPS) is 23.2. The highest BCUT2D eigenvalue weighted by Gasteiger charge is 2.23. The molecule has 1 aliphatic carbocycles. The molecule has 0 spiro atoms. The first-order valence-electron chi connectivity index (χ1n) is 6.62. The van der Waals surface area contributed by atoms with Crippen LogP contribution in [0.4, 0.5) is 0 Å². The second kappa shape index (κ2) is 5.16. The van der Waals surface area contributed by atoms with Crippen LogP contribution in [0, 0.1) is 0 Å². The first kappa shape index (κ1) is 11.8. The molecule has 1 saturated carbocycles. The summed E-state index contributed by atoms with van der Waals surface area (Å²) >= 11 is 6.18. The smallest absolute Gasteiger partial charge is 0.0342 e. The average Bonchev–Trinajstić information content (AvgIpc) is 2.87. The molecule has 0 bridgehead atoms. The highest BCUT2D eigenvalue weighted by Crippen LogP contribution is 2.37. The molecule has 0 N–H and O–H groups in total. The van der Waals surface area contributed by atoms with Gasteiger partial charge in [0.1, 0.15) is 0 Å². The Morgan fingerprint density at radius 1 is 0.778 bits per heavy atom. The van der Waals surface area contributed by atoms with Gasteiger partial charge in [0.25, 0.3) is 0 Å². The van der Waals surface area contributed by atoms with Crippen molar-refractivity contribution in [2.24, 2.45) is 0 Å². The van der Waals surface area contributed by atoms with E-state index in [1.807, 2.05) is 0 Å². The Kier molecular flexibility index (Phi) is 3.38. The molecule has 0 nitrogen and oxygen atoms in total. The van der Waals surface area contributed by atoms with Crippen LogP contribution < -0.4 is 0 Å². The van der Waals surface area contributed by atoms with E-state index in [1.54, 1.807) is 0 Å². The Morgan fingerprint density at radius 2 is 1.44 bits per heavy atom. The monoisotopic (exact) mass is 256 g/mol. The van der Waals surface area contributed by atoms with Crippen LogP contribution in [0.25, 0.3) is 11.1 Å². The van der Waals surface area contributed by atoms with E-state index in [4.69, 9.17) is 11.6 Å². The average molecular weight is 257 g/mol. The van der Waals surface area contributed by atoms with Crippen molar-refractivity contribution in [3.05, 3.63) is 60.2 Å². The van der Waals surface area contributed by atoms with Crippen LogP contribution in [0.15, 0.2) is 54.6 Å². The largest absolute Gasteiger partial charge is 0.123 e. The Hall–Kier alpha value is -1.27. The summed E-state index contributed by atoms with van der Waals surface area (Å²) < 4.78 is 0. The maximum atomic E-state index is 6.18. The lowest BCUT2D eigenvalue weighted by molar-refractivity contribution is 0.724. The van der Waals surface area contributed by atoms with Gasteiger partial charge in [-0.3, -0.25) is 0 Å². The van der Waals surface area contributed by atoms with Gasteiger partial charge in [0.2, 0.25) is 0 Å². The summed E-state index contributed by atoms with van der Waals surface area (Å²) in [6.45, 7) is 0. The maximum Gasteiger partial charge on any atom is 0.0342 e. The zero-order chi connectivity index (χ0) is 12.4. The van der Waals surface area contributed by atoms with Crippen LogP contribution in [0.1, 0.15) is 30.7 Å². The van der Waals surface area contributed by atoms with Crippen molar-refractivity contribution in [1.82, 2.24) is 0 Å². The lowest BCUT2D eigenvalue weighted by Gasteiger charge is -2.10. The molecule has 2 atom stereocenters. The predicted molar refractivity (Wildman–Crippen MR) is 78.1 cm³/mol. The van der Waals surface area contributed by atoms with Gasteiger partial charge in [-0.2, -0.15) is 0 Å². The van der Waals surface area contributed by atoms with Gasteiger partial charge in [0.15, 0.2) is 0 Å². The van der Waals surface area contributed by atoms with E-state index in [2.05, 4.69) is 54.6 Å². The van der Waals surface area contributed by atoms with E-state index in [9.17, 15) is 0 Å². The van der Waals surface area contributed by atoms with Crippen LogP contribution in [-0.4, -0.2) is 5.38 Å². The van der Waals surface area contributed by atoms with E-state index in [1.165, 1.54) is 23.1 Å². The lowest BCUT2D eigenvalue weighted by atomic mass is 9.95. The molecule has 2 aromatic rings.